The van der Waals surface area contributed by atoms with Gasteiger partial charge in [0.05, 0.1) is 12.4 Å². The van der Waals surface area contributed by atoms with Gasteiger partial charge in [-0.3, -0.25) is 0 Å². The standard InChI is InChI=1S/C16H16N4/c1-13(19-16-7-2-3-8-18-16)14-5-4-6-15(11-14)20-10-9-17-12-20/h2-13H,1H3,(H,18,19)/t13-/m0/s1. The molecule has 1 N–H and O–H groups in total. The van der Waals surface area contributed by atoms with Crippen molar-refractivity contribution in [1.29, 1.82) is 0 Å². The van der Waals surface area contributed by atoms with E-state index < -0.39 is 0 Å². The van der Waals surface area contributed by atoms with Crippen LogP contribution in [0.4, 0.5) is 5.82 Å². The third-order valence-electron chi connectivity index (χ3n) is 3.20. The summed E-state index contributed by atoms with van der Waals surface area (Å²) in [7, 11) is 0. The molecule has 1 atom stereocenters. The second-order valence-corrected chi connectivity index (χ2v) is 4.65. The monoisotopic (exact) mass is 264 g/mol. The van der Waals surface area contributed by atoms with Crippen molar-refractivity contribution < 1.29 is 0 Å². The zero-order chi connectivity index (χ0) is 13.8. The highest BCUT2D eigenvalue weighted by Crippen LogP contribution is 2.20. The Morgan fingerprint density at radius 3 is 2.80 bits per heavy atom. The summed E-state index contributed by atoms with van der Waals surface area (Å²) in [5, 5.41) is 3.39. The van der Waals surface area contributed by atoms with Gasteiger partial charge in [0.15, 0.2) is 0 Å². The van der Waals surface area contributed by atoms with Crippen molar-refractivity contribution in [3.63, 3.8) is 0 Å². The number of anilines is 1. The first kappa shape index (κ1) is 12.4. The van der Waals surface area contributed by atoms with Crippen LogP contribution in [0.15, 0.2) is 67.4 Å². The molecule has 0 spiro atoms. The normalized spacial score (nSPS) is 12.1. The van der Waals surface area contributed by atoms with Crippen molar-refractivity contribution in [3.8, 4) is 5.69 Å². The topological polar surface area (TPSA) is 42.7 Å². The van der Waals surface area contributed by atoms with Gasteiger partial charge in [-0.1, -0.05) is 18.2 Å². The van der Waals surface area contributed by atoms with Gasteiger partial charge in [-0.15, -0.1) is 0 Å². The van der Waals surface area contributed by atoms with Gasteiger partial charge < -0.3 is 9.88 Å². The van der Waals surface area contributed by atoms with E-state index in [9.17, 15) is 0 Å². The van der Waals surface area contributed by atoms with Gasteiger partial charge in [-0.2, -0.15) is 0 Å². The Morgan fingerprint density at radius 2 is 2.05 bits per heavy atom. The molecule has 0 amide bonds. The molecule has 0 unspecified atom stereocenters. The third-order valence-corrected chi connectivity index (χ3v) is 3.20. The van der Waals surface area contributed by atoms with Crippen LogP contribution in [0.2, 0.25) is 0 Å². The number of pyridine rings is 1. The van der Waals surface area contributed by atoms with E-state index in [-0.39, 0.29) is 6.04 Å². The second-order valence-electron chi connectivity index (χ2n) is 4.65. The maximum Gasteiger partial charge on any atom is 0.126 e. The highest BCUT2D eigenvalue weighted by atomic mass is 15.0. The van der Waals surface area contributed by atoms with Crippen LogP contribution in [0.25, 0.3) is 5.69 Å². The first-order valence-electron chi connectivity index (χ1n) is 6.59. The molecule has 3 aromatic rings. The number of nitrogens with one attached hydrogen (secondary N) is 1. The molecule has 4 heteroatoms. The molecule has 0 saturated heterocycles. The molecule has 0 bridgehead atoms. The molecule has 2 aromatic heterocycles. The predicted molar refractivity (Wildman–Crippen MR) is 79.8 cm³/mol. The molecule has 0 saturated carbocycles. The van der Waals surface area contributed by atoms with E-state index in [0.717, 1.165) is 11.5 Å². The predicted octanol–water partition coefficient (Wildman–Crippen LogP) is 3.44. The summed E-state index contributed by atoms with van der Waals surface area (Å²) >= 11 is 0. The van der Waals surface area contributed by atoms with Crippen molar-refractivity contribution in [2.45, 2.75) is 13.0 Å². The number of rotatable bonds is 4. The molecule has 2 heterocycles. The Bertz CT molecular complexity index is 662. The number of hydrogen-bond donors (Lipinski definition) is 1. The molecular weight excluding hydrogens is 248 g/mol. The third kappa shape index (κ3) is 2.69. The van der Waals surface area contributed by atoms with E-state index in [1.165, 1.54) is 5.56 Å². The minimum absolute atomic E-state index is 0.188. The summed E-state index contributed by atoms with van der Waals surface area (Å²) < 4.78 is 2.00. The lowest BCUT2D eigenvalue weighted by molar-refractivity contribution is 0.870. The molecule has 0 aliphatic heterocycles. The minimum Gasteiger partial charge on any atom is -0.364 e. The number of nitrogens with zero attached hydrogens (tertiary/aromatic N) is 3. The van der Waals surface area contributed by atoms with E-state index >= 15 is 0 Å². The van der Waals surface area contributed by atoms with Crippen molar-refractivity contribution in [2.24, 2.45) is 0 Å². The van der Waals surface area contributed by atoms with Crippen LogP contribution in [-0.2, 0) is 0 Å². The number of imidazole rings is 1. The minimum atomic E-state index is 0.188. The maximum absolute atomic E-state index is 4.29. The quantitative estimate of drug-likeness (QED) is 0.785. The largest absolute Gasteiger partial charge is 0.364 e. The van der Waals surface area contributed by atoms with Gasteiger partial charge in [0.1, 0.15) is 5.82 Å². The first-order valence-corrected chi connectivity index (χ1v) is 6.59. The summed E-state index contributed by atoms with van der Waals surface area (Å²) in [6.07, 6.45) is 7.31. The van der Waals surface area contributed by atoms with E-state index in [2.05, 4.69) is 46.5 Å². The van der Waals surface area contributed by atoms with Crippen LogP contribution in [0, 0.1) is 0 Å². The lowest BCUT2D eigenvalue weighted by Gasteiger charge is -2.16. The van der Waals surface area contributed by atoms with E-state index in [4.69, 9.17) is 0 Å². The molecule has 20 heavy (non-hydrogen) atoms. The maximum atomic E-state index is 4.29. The van der Waals surface area contributed by atoms with Crippen LogP contribution in [0.1, 0.15) is 18.5 Å². The van der Waals surface area contributed by atoms with Crippen molar-refractivity contribution >= 4 is 5.82 Å². The van der Waals surface area contributed by atoms with Gasteiger partial charge in [0.2, 0.25) is 0 Å². The fourth-order valence-electron chi connectivity index (χ4n) is 2.12. The van der Waals surface area contributed by atoms with Gasteiger partial charge in [0, 0.05) is 24.3 Å². The molecule has 0 radical (unpaired) electrons. The zero-order valence-electron chi connectivity index (χ0n) is 11.3. The number of benzene rings is 1. The summed E-state index contributed by atoms with van der Waals surface area (Å²) in [5.74, 6) is 0.882. The smallest absolute Gasteiger partial charge is 0.126 e. The van der Waals surface area contributed by atoms with Gasteiger partial charge in [0.25, 0.3) is 0 Å². The molecular formula is C16H16N4. The summed E-state index contributed by atoms with van der Waals surface area (Å²) in [5.41, 5.74) is 2.32. The molecule has 100 valence electrons. The first-order chi connectivity index (χ1) is 9.83. The van der Waals surface area contributed by atoms with Gasteiger partial charge >= 0.3 is 0 Å². The SMILES string of the molecule is C[C@H](Nc1ccccn1)c1cccc(-n2ccnc2)c1. The Labute approximate surface area is 118 Å². The molecule has 4 nitrogen and oxygen atoms in total. The van der Waals surface area contributed by atoms with Crippen LogP contribution in [0.3, 0.4) is 0 Å². The molecule has 0 aliphatic carbocycles. The molecule has 0 fully saturated rings. The Kier molecular flexibility index (Phi) is 3.46. The van der Waals surface area contributed by atoms with E-state index in [1.807, 2.05) is 29.0 Å². The Morgan fingerprint density at radius 1 is 1.10 bits per heavy atom. The highest BCUT2D eigenvalue weighted by Gasteiger charge is 2.07. The fourth-order valence-corrected chi connectivity index (χ4v) is 2.12. The van der Waals surface area contributed by atoms with Crippen molar-refractivity contribution in [1.82, 2.24) is 14.5 Å². The summed E-state index contributed by atoms with van der Waals surface area (Å²) in [6.45, 7) is 2.13. The Hall–Kier alpha value is -2.62. The fraction of sp³-hybridized carbons (Fsp3) is 0.125. The van der Waals surface area contributed by atoms with Crippen LogP contribution in [-0.4, -0.2) is 14.5 Å². The lowest BCUT2D eigenvalue weighted by Crippen LogP contribution is -2.08. The molecule has 0 aliphatic rings. The average Bonchev–Trinajstić information content (AvgIpc) is 3.03. The van der Waals surface area contributed by atoms with E-state index in [1.54, 1.807) is 18.7 Å². The summed E-state index contributed by atoms with van der Waals surface area (Å²) in [6, 6.07) is 14.4. The van der Waals surface area contributed by atoms with Gasteiger partial charge in [-0.05, 0) is 36.8 Å². The van der Waals surface area contributed by atoms with Gasteiger partial charge in [-0.25, -0.2) is 9.97 Å². The van der Waals surface area contributed by atoms with Crippen LogP contribution < -0.4 is 5.32 Å². The number of aromatic nitrogens is 3. The lowest BCUT2D eigenvalue weighted by atomic mass is 10.1. The van der Waals surface area contributed by atoms with Crippen LogP contribution >= 0.6 is 0 Å². The van der Waals surface area contributed by atoms with Crippen molar-refractivity contribution in [3.05, 3.63) is 72.9 Å². The molecule has 1 aromatic carbocycles. The Balaban J connectivity index is 1.82. The second kappa shape index (κ2) is 5.57. The average molecular weight is 264 g/mol. The van der Waals surface area contributed by atoms with Crippen molar-refractivity contribution in [2.75, 3.05) is 5.32 Å². The zero-order valence-corrected chi connectivity index (χ0v) is 11.3. The van der Waals surface area contributed by atoms with Crippen LogP contribution in [0.5, 0.6) is 0 Å². The summed E-state index contributed by atoms with van der Waals surface area (Å²) in [4.78, 5) is 8.37. The highest BCUT2D eigenvalue weighted by molar-refractivity contribution is 5.41. The molecule has 3 rings (SSSR count). The number of hydrogen-bond acceptors (Lipinski definition) is 3. The van der Waals surface area contributed by atoms with E-state index in [0.29, 0.717) is 0 Å².